The molecule has 0 bridgehead atoms. The molecule has 6 nitrogen and oxygen atoms in total. The van der Waals surface area contributed by atoms with Crippen molar-refractivity contribution in [2.45, 2.75) is 26.2 Å². The molecule has 3 rings (SSSR count). The fourth-order valence-electron chi connectivity index (χ4n) is 3.47. The molecule has 0 fully saturated rings. The number of hydrogen-bond acceptors (Lipinski definition) is 6. The van der Waals surface area contributed by atoms with Crippen molar-refractivity contribution in [3.05, 3.63) is 101 Å². The number of rotatable bonds is 9. The molecule has 0 radical (unpaired) electrons. The van der Waals surface area contributed by atoms with Crippen LogP contribution >= 0.6 is 0 Å². The number of carbonyl (C=O) groups excluding carboxylic acids is 2. The first kappa shape index (κ1) is 25.3. The van der Waals surface area contributed by atoms with E-state index in [0.29, 0.717) is 11.3 Å². The number of esters is 2. The molecule has 0 aliphatic rings. The molecule has 0 heterocycles. The minimum absolute atomic E-state index is 0.141. The lowest BCUT2D eigenvalue weighted by atomic mass is 9.78. The summed E-state index contributed by atoms with van der Waals surface area (Å²) in [4.78, 5) is 24.1. The zero-order valence-corrected chi connectivity index (χ0v) is 20.0. The van der Waals surface area contributed by atoms with Crippen LogP contribution in [-0.2, 0) is 19.7 Å². The number of hydrogen-bond donors (Lipinski definition) is 0. The first-order chi connectivity index (χ1) is 16.8. The van der Waals surface area contributed by atoms with Crippen LogP contribution in [0.15, 0.2) is 84.4 Å². The summed E-state index contributed by atoms with van der Waals surface area (Å²) in [7, 11) is 0. The van der Waals surface area contributed by atoms with E-state index in [1.807, 2.05) is 48.5 Å². The first-order valence-corrected chi connectivity index (χ1v) is 11.2. The minimum atomic E-state index is -0.705. The van der Waals surface area contributed by atoms with Crippen LogP contribution in [0.4, 0.5) is 0 Å². The zero-order valence-electron chi connectivity index (χ0n) is 20.0. The van der Waals surface area contributed by atoms with Crippen molar-refractivity contribution < 1.29 is 23.8 Å². The highest BCUT2D eigenvalue weighted by atomic mass is 16.6. The lowest BCUT2D eigenvalue weighted by molar-refractivity contribution is -0.138. The van der Waals surface area contributed by atoms with Crippen LogP contribution in [0.3, 0.4) is 0 Å². The lowest BCUT2D eigenvalue weighted by Gasteiger charge is -2.26. The van der Waals surface area contributed by atoms with E-state index in [-0.39, 0.29) is 30.0 Å². The van der Waals surface area contributed by atoms with Crippen molar-refractivity contribution in [3.8, 4) is 17.6 Å². The van der Waals surface area contributed by atoms with E-state index in [1.54, 1.807) is 31.2 Å². The van der Waals surface area contributed by atoms with Gasteiger partial charge in [0.15, 0.2) is 6.61 Å². The molecule has 0 saturated carbocycles. The number of nitrogens with zero attached hydrogens (tertiary/aromatic N) is 1. The van der Waals surface area contributed by atoms with E-state index >= 15 is 0 Å². The van der Waals surface area contributed by atoms with Gasteiger partial charge in [0.2, 0.25) is 0 Å². The van der Waals surface area contributed by atoms with E-state index in [0.717, 1.165) is 5.56 Å². The van der Waals surface area contributed by atoms with Gasteiger partial charge in [0.25, 0.3) is 0 Å². The summed E-state index contributed by atoms with van der Waals surface area (Å²) in [5.41, 5.74) is 2.55. The molecular weight excluding hydrogens is 442 g/mol. The number of ether oxygens (including phenoxy) is 3. The minimum Gasteiger partial charge on any atom is -0.482 e. The molecule has 0 aromatic heterocycles. The molecule has 0 atom stereocenters. The highest BCUT2D eigenvalue weighted by Gasteiger charge is 2.22. The van der Waals surface area contributed by atoms with Crippen LogP contribution in [0.25, 0.3) is 6.08 Å². The molecule has 0 amide bonds. The van der Waals surface area contributed by atoms with Gasteiger partial charge in [0.05, 0.1) is 6.61 Å². The highest BCUT2D eigenvalue weighted by Crippen LogP contribution is 2.32. The number of benzene rings is 3. The molecule has 35 heavy (non-hydrogen) atoms. The number of carbonyl (C=O) groups is 2. The van der Waals surface area contributed by atoms with Crippen LogP contribution in [0.2, 0.25) is 0 Å². The molecule has 0 saturated heterocycles. The fourth-order valence-corrected chi connectivity index (χ4v) is 3.47. The van der Waals surface area contributed by atoms with Crippen molar-refractivity contribution in [1.29, 1.82) is 5.26 Å². The third-order valence-corrected chi connectivity index (χ3v) is 5.44. The van der Waals surface area contributed by atoms with Crippen LogP contribution in [0.5, 0.6) is 11.5 Å². The van der Waals surface area contributed by atoms with Crippen LogP contribution in [-0.4, -0.2) is 25.2 Å². The Morgan fingerprint density at radius 2 is 1.60 bits per heavy atom. The summed E-state index contributed by atoms with van der Waals surface area (Å²) >= 11 is 0. The lowest BCUT2D eigenvalue weighted by Crippen LogP contribution is -2.19. The molecular formula is C29H27NO5. The SMILES string of the molecule is CCOC(=O)/C(C#N)=C/c1cccc(OC(=O)COc2ccc(C(C)(C)c3ccccc3)cc2)c1. The van der Waals surface area contributed by atoms with E-state index in [4.69, 9.17) is 14.2 Å². The second-order valence-corrected chi connectivity index (χ2v) is 8.24. The number of nitriles is 1. The Balaban J connectivity index is 1.59. The van der Waals surface area contributed by atoms with E-state index < -0.39 is 11.9 Å². The van der Waals surface area contributed by atoms with Crippen LogP contribution in [0.1, 0.15) is 37.5 Å². The van der Waals surface area contributed by atoms with Crippen molar-refractivity contribution in [1.82, 2.24) is 0 Å². The molecule has 0 aliphatic carbocycles. The van der Waals surface area contributed by atoms with Gasteiger partial charge in [0, 0.05) is 5.41 Å². The maximum atomic E-state index is 12.3. The van der Waals surface area contributed by atoms with Gasteiger partial charge < -0.3 is 14.2 Å². The van der Waals surface area contributed by atoms with Crippen molar-refractivity contribution in [2.24, 2.45) is 0 Å². The molecule has 0 aliphatic heterocycles. The van der Waals surface area contributed by atoms with Gasteiger partial charge in [-0.05, 0) is 54.0 Å². The molecule has 0 unspecified atom stereocenters. The Kier molecular flexibility index (Phi) is 8.42. The summed E-state index contributed by atoms with van der Waals surface area (Å²) in [5.74, 6) is -0.456. The normalized spacial score (nSPS) is 11.3. The van der Waals surface area contributed by atoms with Gasteiger partial charge in [-0.1, -0.05) is 68.4 Å². The zero-order chi connectivity index (χ0) is 25.3. The van der Waals surface area contributed by atoms with Gasteiger partial charge in [-0.3, -0.25) is 0 Å². The van der Waals surface area contributed by atoms with Crippen LogP contribution in [0, 0.1) is 11.3 Å². The maximum Gasteiger partial charge on any atom is 0.349 e. The fraction of sp³-hybridized carbons (Fsp3) is 0.207. The molecule has 0 spiro atoms. The summed E-state index contributed by atoms with van der Waals surface area (Å²) in [6.45, 7) is 5.88. The Labute approximate surface area is 205 Å². The smallest absolute Gasteiger partial charge is 0.349 e. The molecule has 6 heteroatoms. The van der Waals surface area contributed by atoms with Crippen LogP contribution < -0.4 is 9.47 Å². The highest BCUT2D eigenvalue weighted by molar-refractivity contribution is 5.97. The monoisotopic (exact) mass is 469 g/mol. The Morgan fingerprint density at radius 1 is 0.914 bits per heavy atom. The third-order valence-electron chi connectivity index (χ3n) is 5.44. The van der Waals surface area contributed by atoms with Gasteiger partial charge in [-0.25, -0.2) is 9.59 Å². The largest absolute Gasteiger partial charge is 0.482 e. The summed E-state index contributed by atoms with van der Waals surface area (Å²) in [6, 6.07) is 26.2. The second kappa shape index (κ2) is 11.7. The predicted octanol–water partition coefficient (Wildman–Crippen LogP) is 5.47. The summed E-state index contributed by atoms with van der Waals surface area (Å²) < 4.78 is 15.8. The van der Waals surface area contributed by atoms with Gasteiger partial charge in [0.1, 0.15) is 23.1 Å². The van der Waals surface area contributed by atoms with E-state index in [2.05, 4.69) is 26.0 Å². The van der Waals surface area contributed by atoms with Gasteiger partial charge >= 0.3 is 11.9 Å². The average molecular weight is 470 g/mol. The molecule has 3 aromatic rings. The Morgan fingerprint density at radius 3 is 2.26 bits per heavy atom. The van der Waals surface area contributed by atoms with Crippen molar-refractivity contribution in [3.63, 3.8) is 0 Å². The Hall–Kier alpha value is -4.37. The average Bonchev–Trinajstić information content (AvgIpc) is 2.87. The van der Waals surface area contributed by atoms with Gasteiger partial charge in [-0.2, -0.15) is 5.26 Å². The predicted molar refractivity (Wildman–Crippen MR) is 133 cm³/mol. The quantitative estimate of drug-likeness (QED) is 0.179. The summed E-state index contributed by atoms with van der Waals surface area (Å²) in [5, 5.41) is 9.18. The molecule has 0 N–H and O–H groups in total. The van der Waals surface area contributed by atoms with Crippen molar-refractivity contribution >= 4 is 18.0 Å². The second-order valence-electron chi connectivity index (χ2n) is 8.24. The van der Waals surface area contributed by atoms with E-state index in [9.17, 15) is 14.9 Å². The van der Waals surface area contributed by atoms with Gasteiger partial charge in [-0.15, -0.1) is 0 Å². The van der Waals surface area contributed by atoms with Crippen molar-refractivity contribution in [2.75, 3.05) is 13.2 Å². The first-order valence-electron chi connectivity index (χ1n) is 11.2. The molecule has 3 aromatic carbocycles. The third kappa shape index (κ3) is 6.81. The molecule has 178 valence electrons. The summed E-state index contributed by atoms with van der Waals surface area (Å²) in [6.07, 6.45) is 1.38. The van der Waals surface area contributed by atoms with E-state index in [1.165, 1.54) is 11.6 Å². The standard InChI is InChI=1S/C29H27NO5/c1-4-33-28(32)22(19-30)17-21-9-8-12-26(18-21)35-27(31)20-34-25-15-13-24(14-16-25)29(2,3)23-10-6-5-7-11-23/h5-18H,4,20H2,1-3H3/b22-17+. The Bertz CT molecular complexity index is 1240. The maximum absolute atomic E-state index is 12.3. The topological polar surface area (TPSA) is 85.6 Å².